The van der Waals surface area contributed by atoms with Crippen molar-refractivity contribution in [1.29, 1.82) is 0 Å². The number of hydrogen-bond acceptors (Lipinski definition) is 2. The Bertz CT molecular complexity index is 931. The van der Waals surface area contributed by atoms with Gasteiger partial charge < -0.3 is 9.30 Å². The Morgan fingerprint density at radius 1 is 1.16 bits per heavy atom. The summed E-state index contributed by atoms with van der Waals surface area (Å²) in [6.45, 7) is 1.74. The summed E-state index contributed by atoms with van der Waals surface area (Å²) in [4.78, 5) is 3.92. The van der Waals surface area contributed by atoms with E-state index in [2.05, 4.69) is 9.72 Å². The quantitative estimate of drug-likeness (QED) is 0.577. The zero-order valence-corrected chi connectivity index (χ0v) is 14.8. The number of rotatable bonds is 3. The molecule has 0 aliphatic rings. The molecule has 0 saturated carbocycles. The standard InChI is InChI=1S/C17H13Cl2F3N2O/c1-9-3-11(25-17(20,21)22)5-15-16(9)10(8-24(15)2)4-12-13(18)6-23-7-14(12)19/h3,5-8H,4H2,1-2H3. The minimum atomic E-state index is -4.73. The second-order valence-electron chi connectivity index (χ2n) is 5.71. The van der Waals surface area contributed by atoms with E-state index < -0.39 is 6.36 Å². The average Bonchev–Trinajstić information content (AvgIpc) is 2.78. The molecule has 0 unspecified atom stereocenters. The smallest absolute Gasteiger partial charge is 0.406 e. The molecule has 25 heavy (non-hydrogen) atoms. The minimum Gasteiger partial charge on any atom is -0.406 e. The third-order valence-corrected chi connectivity index (χ3v) is 4.54. The summed E-state index contributed by atoms with van der Waals surface area (Å²) >= 11 is 12.4. The molecule has 0 aliphatic carbocycles. The molecule has 2 aromatic heterocycles. The summed E-state index contributed by atoms with van der Waals surface area (Å²) in [6.07, 6.45) is 0.582. The summed E-state index contributed by atoms with van der Waals surface area (Å²) in [5.41, 5.74) is 2.94. The van der Waals surface area contributed by atoms with Gasteiger partial charge in [-0.25, -0.2) is 0 Å². The van der Waals surface area contributed by atoms with Crippen molar-refractivity contribution >= 4 is 34.1 Å². The van der Waals surface area contributed by atoms with E-state index in [9.17, 15) is 13.2 Å². The molecule has 0 N–H and O–H groups in total. The first-order valence-corrected chi connectivity index (χ1v) is 8.03. The van der Waals surface area contributed by atoms with Crippen molar-refractivity contribution in [3.05, 3.63) is 57.5 Å². The summed E-state index contributed by atoms with van der Waals surface area (Å²) in [7, 11) is 1.76. The number of nitrogens with zero attached hydrogens (tertiary/aromatic N) is 2. The van der Waals surface area contributed by atoms with Crippen molar-refractivity contribution in [3.63, 3.8) is 0 Å². The van der Waals surface area contributed by atoms with E-state index in [-0.39, 0.29) is 5.75 Å². The van der Waals surface area contributed by atoms with Gasteiger partial charge in [0.15, 0.2) is 0 Å². The van der Waals surface area contributed by atoms with Crippen LogP contribution >= 0.6 is 23.2 Å². The Morgan fingerprint density at radius 2 is 1.80 bits per heavy atom. The molecule has 0 bridgehead atoms. The monoisotopic (exact) mass is 388 g/mol. The van der Waals surface area contributed by atoms with E-state index in [0.29, 0.717) is 27.5 Å². The Kier molecular flexibility index (Phi) is 4.60. The molecule has 3 nitrogen and oxygen atoms in total. The molecule has 3 aromatic rings. The predicted octanol–water partition coefficient (Wildman–Crippen LogP) is 5.68. The van der Waals surface area contributed by atoms with E-state index >= 15 is 0 Å². The molecule has 2 heterocycles. The van der Waals surface area contributed by atoms with Crippen molar-refractivity contribution in [2.45, 2.75) is 19.7 Å². The van der Waals surface area contributed by atoms with Gasteiger partial charge in [-0.2, -0.15) is 0 Å². The van der Waals surface area contributed by atoms with Gasteiger partial charge in [0.2, 0.25) is 0 Å². The Balaban J connectivity index is 2.09. The number of aromatic nitrogens is 2. The first kappa shape index (κ1) is 17.9. The second-order valence-corrected chi connectivity index (χ2v) is 6.52. The third kappa shape index (κ3) is 3.70. The zero-order chi connectivity index (χ0) is 18.4. The SMILES string of the molecule is Cc1cc(OC(F)(F)F)cc2c1c(Cc1c(Cl)cncc1Cl)cn2C. The van der Waals surface area contributed by atoms with Gasteiger partial charge in [0, 0.05) is 43.5 Å². The fourth-order valence-electron chi connectivity index (χ4n) is 2.92. The molecule has 0 amide bonds. The molecule has 0 aliphatic heterocycles. The normalized spacial score (nSPS) is 12.0. The second kappa shape index (κ2) is 6.42. The van der Waals surface area contributed by atoms with E-state index in [1.54, 1.807) is 18.5 Å². The molecule has 0 atom stereocenters. The van der Waals surface area contributed by atoms with Crippen LogP contribution in [0.4, 0.5) is 13.2 Å². The van der Waals surface area contributed by atoms with Crippen LogP contribution in [-0.2, 0) is 13.5 Å². The van der Waals surface area contributed by atoms with Gasteiger partial charge in [0.25, 0.3) is 0 Å². The highest BCUT2D eigenvalue weighted by Gasteiger charge is 2.31. The lowest BCUT2D eigenvalue weighted by atomic mass is 10.0. The number of aryl methyl sites for hydroxylation is 2. The van der Waals surface area contributed by atoms with Crippen molar-refractivity contribution < 1.29 is 17.9 Å². The van der Waals surface area contributed by atoms with Gasteiger partial charge >= 0.3 is 6.36 Å². The van der Waals surface area contributed by atoms with Gasteiger partial charge in [-0.15, -0.1) is 13.2 Å². The largest absolute Gasteiger partial charge is 0.573 e. The Hall–Kier alpha value is -1.92. The highest BCUT2D eigenvalue weighted by molar-refractivity contribution is 6.35. The van der Waals surface area contributed by atoms with Crippen LogP contribution in [0.15, 0.2) is 30.7 Å². The summed E-state index contributed by atoms with van der Waals surface area (Å²) in [5.74, 6) is -0.245. The fourth-order valence-corrected chi connectivity index (χ4v) is 3.42. The molecule has 132 valence electrons. The van der Waals surface area contributed by atoms with Gasteiger partial charge in [-0.05, 0) is 29.7 Å². The number of benzene rings is 1. The average molecular weight is 389 g/mol. The van der Waals surface area contributed by atoms with Crippen molar-refractivity contribution in [3.8, 4) is 5.75 Å². The minimum absolute atomic E-state index is 0.245. The molecular formula is C17H13Cl2F3N2O. The topological polar surface area (TPSA) is 27.1 Å². The van der Waals surface area contributed by atoms with Gasteiger partial charge in [0.05, 0.1) is 15.6 Å². The third-order valence-electron chi connectivity index (χ3n) is 3.89. The first-order chi connectivity index (χ1) is 11.7. The van der Waals surface area contributed by atoms with E-state index in [0.717, 1.165) is 16.5 Å². The lowest BCUT2D eigenvalue weighted by Gasteiger charge is -2.11. The number of pyridine rings is 1. The number of hydrogen-bond donors (Lipinski definition) is 0. The molecule has 1 aromatic carbocycles. The zero-order valence-electron chi connectivity index (χ0n) is 13.3. The predicted molar refractivity (Wildman–Crippen MR) is 91.4 cm³/mol. The number of fused-ring (bicyclic) bond motifs is 1. The summed E-state index contributed by atoms with van der Waals surface area (Å²) in [5, 5.41) is 1.74. The Morgan fingerprint density at radius 3 is 2.40 bits per heavy atom. The maximum atomic E-state index is 12.5. The summed E-state index contributed by atoms with van der Waals surface area (Å²) in [6, 6.07) is 2.74. The number of alkyl halides is 3. The molecule has 0 spiro atoms. The van der Waals surface area contributed by atoms with Gasteiger partial charge in [0.1, 0.15) is 5.75 Å². The van der Waals surface area contributed by atoms with Crippen molar-refractivity contribution in [2.75, 3.05) is 0 Å². The lowest BCUT2D eigenvalue weighted by Crippen LogP contribution is -2.17. The Labute approximate surface area is 151 Å². The van der Waals surface area contributed by atoms with E-state index in [1.807, 2.05) is 6.20 Å². The molecule has 0 radical (unpaired) electrons. The fraction of sp³-hybridized carbons (Fsp3) is 0.235. The van der Waals surface area contributed by atoms with Crippen LogP contribution in [0.1, 0.15) is 16.7 Å². The summed E-state index contributed by atoms with van der Waals surface area (Å²) < 4.78 is 43.3. The number of halogens is 5. The van der Waals surface area contributed by atoms with Crippen LogP contribution in [0, 0.1) is 6.92 Å². The highest BCUT2D eigenvalue weighted by Crippen LogP contribution is 2.34. The first-order valence-electron chi connectivity index (χ1n) is 7.28. The van der Waals surface area contributed by atoms with Crippen LogP contribution in [0.5, 0.6) is 5.75 Å². The molecular weight excluding hydrogens is 376 g/mol. The molecule has 0 fully saturated rings. The number of ether oxygens (including phenoxy) is 1. The van der Waals surface area contributed by atoms with Gasteiger partial charge in [-0.1, -0.05) is 23.2 Å². The van der Waals surface area contributed by atoms with Crippen molar-refractivity contribution in [1.82, 2.24) is 9.55 Å². The molecule has 8 heteroatoms. The highest BCUT2D eigenvalue weighted by atomic mass is 35.5. The van der Waals surface area contributed by atoms with E-state index in [1.165, 1.54) is 24.5 Å². The van der Waals surface area contributed by atoms with Gasteiger partial charge in [-0.3, -0.25) is 4.98 Å². The molecule has 3 rings (SSSR count). The maximum Gasteiger partial charge on any atom is 0.573 e. The van der Waals surface area contributed by atoms with Crippen LogP contribution < -0.4 is 4.74 Å². The van der Waals surface area contributed by atoms with E-state index in [4.69, 9.17) is 23.2 Å². The lowest BCUT2D eigenvalue weighted by molar-refractivity contribution is -0.274. The van der Waals surface area contributed by atoms with Crippen molar-refractivity contribution in [2.24, 2.45) is 7.05 Å². The van der Waals surface area contributed by atoms with Crippen LogP contribution in [0.25, 0.3) is 10.9 Å². The van der Waals surface area contributed by atoms with Crippen LogP contribution in [0.2, 0.25) is 10.0 Å². The molecule has 0 saturated heterocycles. The van der Waals surface area contributed by atoms with Crippen LogP contribution in [-0.4, -0.2) is 15.9 Å². The maximum absolute atomic E-state index is 12.5. The van der Waals surface area contributed by atoms with Crippen LogP contribution in [0.3, 0.4) is 0 Å².